The zero-order valence-electron chi connectivity index (χ0n) is 14.1. The smallest absolute Gasteiger partial charge is 0.416 e. The largest absolute Gasteiger partial charge is 0.477 e. The van der Waals surface area contributed by atoms with E-state index in [9.17, 15) is 38.2 Å². The molecule has 0 aliphatic heterocycles. The molecule has 0 heterocycles. The molecule has 2 aromatic rings. The van der Waals surface area contributed by atoms with Gasteiger partial charge < -0.3 is 10.1 Å². The average Bonchev–Trinajstić information content (AvgIpc) is 2.59. The van der Waals surface area contributed by atoms with Crippen LogP contribution in [0.4, 0.5) is 30.2 Å². The fourth-order valence-electron chi connectivity index (χ4n) is 2.19. The van der Waals surface area contributed by atoms with Gasteiger partial charge in [-0.25, -0.2) is 0 Å². The summed E-state index contributed by atoms with van der Waals surface area (Å²) in [5.41, 5.74) is -2.46. The number of nitrogens with one attached hydrogen (secondary N) is 1. The number of carbonyl (C=O) groups excluding carboxylic acids is 1. The summed E-state index contributed by atoms with van der Waals surface area (Å²) in [7, 11) is 0. The molecule has 0 aliphatic carbocycles. The van der Waals surface area contributed by atoms with Crippen molar-refractivity contribution < 1.29 is 32.5 Å². The van der Waals surface area contributed by atoms with Gasteiger partial charge in [0.2, 0.25) is 0 Å². The van der Waals surface area contributed by atoms with E-state index in [0.29, 0.717) is 17.7 Å². The molecular weight excluding hydrogens is 387 g/mol. The summed E-state index contributed by atoms with van der Waals surface area (Å²) >= 11 is 0. The first kappa shape index (κ1) is 20.6. The fourth-order valence-corrected chi connectivity index (χ4v) is 2.19. The third-order valence-corrected chi connectivity index (χ3v) is 3.47. The minimum absolute atomic E-state index is 0.201. The minimum Gasteiger partial charge on any atom is -0.477 e. The fraction of sp³-hybridized carbons (Fsp3) is 0.188. The van der Waals surface area contributed by atoms with E-state index in [4.69, 9.17) is 4.74 Å². The van der Waals surface area contributed by atoms with E-state index < -0.39 is 45.5 Å². The van der Waals surface area contributed by atoms with Crippen LogP contribution in [-0.4, -0.2) is 22.4 Å². The lowest BCUT2D eigenvalue weighted by atomic mass is 10.1. The lowest BCUT2D eigenvalue weighted by molar-refractivity contribution is -0.385. The quantitative estimate of drug-likeness (QED) is 0.581. The first-order valence-electron chi connectivity index (χ1n) is 7.52. The molecule has 148 valence electrons. The summed E-state index contributed by atoms with van der Waals surface area (Å²) in [4.78, 5) is 32.2. The molecule has 0 fully saturated rings. The van der Waals surface area contributed by atoms with Gasteiger partial charge in [0, 0.05) is 12.1 Å². The molecule has 28 heavy (non-hydrogen) atoms. The molecule has 0 atom stereocenters. The number of hydrogen-bond donors (Lipinski definition) is 1. The molecule has 1 amide bonds. The Morgan fingerprint density at radius 3 is 2.29 bits per heavy atom. The Morgan fingerprint density at radius 1 is 1.07 bits per heavy atom. The Bertz CT molecular complexity index is 946. The second kappa shape index (κ2) is 7.90. The zero-order chi connectivity index (χ0) is 21.1. The van der Waals surface area contributed by atoms with Crippen molar-refractivity contribution in [1.82, 2.24) is 0 Å². The van der Waals surface area contributed by atoms with Crippen molar-refractivity contribution in [2.45, 2.75) is 13.1 Å². The molecule has 0 spiro atoms. The van der Waals surface area contributed by atoms with Crippen LogP contribution in [-0.2, 0) is 11.0 Å². The van der Waals surface area contributed by atoms with Crippen molar-refractivity contribution in [2.24, 2.45) is 0 Å². The highest BCUT2D eigenvalue weighted by atomic mass is 19.4. The molecule has 0 unspecified atom stereocenters. The highest BCUT2D eigenvalue weighted by molar-refractivity contribution is 5.94. The van der Waals surface area contributed by atoms with Gasteiger partial charge in [-0.1, -0.05) is 6.07 Å². The summed E-state index contributed by atoms with van der Waals surface area (Å²) in [6.07, 6.45) is -4.79. The van der Waals surface area contributed by atoms with Gasteiger partial charge in [-0.05, 0) is 30.7 Å². The SMILES string of the molecule is Cc1ccc(OCC(=O)Nc2ccc(C(F)(F)F)cc2[N+](=O)[O-])c([N+](=O)[O-])c1. The van der Waals surface area contributed by atoms with Gasteiger partial charge in [0.1, 0.15) is 5.69 Å². The minimum atomic E-state index is -4.79. The summed E-state index contributed by atoms with van der Waals surface area (Å²) in [5, 5.41) is 24.1. The highest BCUT2D eigenvalue weighted by Gasteiger charge is 2.33. The van der Waals surface area contributed by atoms with Crippen LogP contribution in [0.25, 0.3) is 0 Å². The van der Waals surface area contributed by atoms with Gasteiger partial charge in [-0.3, -0.25) is 25.0 Å². The first-order chi connectivity index (χ1) is 13.0. The number of nitro benzene ring substituents is 2. The zero-order valence-corrected chi connectivity index (χ0v) is 14.1. The number of aryl methyl sites for hydroxylation is 1. The molecule has 0 radical (unpaired) electrons. The number of amides is 1. The van der Waals surface area contributed by atoms with E-state index in [2.05, 4.69) is 5.32 Å². The topological polar surface area (TPSA) is 125 Å². The summed E-state index contributed by atoms with van der Waals surface area (Å²) in [6, 6.07) is 5.64. The van der Waals surface area contributed by atoms with Crippen LogP contribution in [0.2, 0.25) is 0 Å². The number of benzene rings is 2. The third-order valence-electron chi connectivity index (χ3n) is 3.47. The Labute approximate surface area is 155 Å². The van der Waals surface area contributed by atoms with Crippen molar-refractivity contribution in [3.05, 3.63) is 67.8 Å². The number of halogens is 3. The van der Waals surface area contributed by atoms with E-state index in [0.717, 1.165) is 6.07 Å². The standard InChI is InChI=1S/C16H12F3N3O6/c1-9-2-5-14(13(6-9)22(26)27)28-8-15(23)20-11-4-3-10(16(17,18)19)7-12(11)21(24)25/h2-7H,8H2,1H3,(H,20,23). The van der Waals surface area contributed by atoms with Gasteiger partial charge in [-0.2, -0.15) is 13.2 Å². The Kier molecular flexibility index (Phi) is 5.81. The second-order valence-electron chi connectivity index (χ2n) is 5.55. The lowest BCUT2D eigenvalue weighted by Gasteiger charge is -2.11. The van der Waals surface area contributed by atoms with E-state index in [1.165, 1.54) is 18.2 Å². The maximum Gasteiger partial charge on any atom is 0.416 e. The monoisotopic (exact) mass is 399 g/mol. The van der Waals surface area contributed by atoms with E-state index >= 15 is 0 Å². The molecule has 2 rings (SSSR count). The van der Waals surface area contributed by atoms with Gasteiger partial charge in [0.05, 0.1) is 15.4 Å². The number of rotatable bonds is 6. The number of alkyl halides is 3. The number of hydrogen-bond acceptors (Lipinski definition) is 6. The molecule has 0 saturated carbocycles. The summed E-state index contributed by atoms with van der Waals surface area (Å²) in [6.45, 7) is 0.870. The molecule has 0 aromatic heterocycles. The summed E-state index contributed by atoms with van der Waals surface area (Å²) < 4.78 is 43.1. The van der Waals surface area contributed by atoms with Crippen LogP contribution in [0, 0.1) is 27.2 Å². The number of nitro groups is 2. The van der Waals surface area contributed by atoms with E-state index in [1.807, 2.05) is 0 Å². The molecule has 1 N–H and O–H groups in total. The molecular formula is C16H12F3N3O6. The van der Waals surface area contributed by atoms with Gasteiger partial charge in [0.25, 0.3) is 11.6 Å². The lowest BCUT2D eigenvalue weighted by Crippen LogP contribution is -2.21. The van der Waals surface area contributed by atoms with Gasteiger partial charge in [0.15, 0.2) is 12.4 Å². The third kappa shape index (κ3) is 4.93. The van der Waals surface area contributed by atoms with E-state index in [1.54, 1.807) is 6.92 Å². The van der Waals surface area contributed by atoms with Crippen molar-refractivity contribution in [3.63, 3.8) is 0 Å². The molecule has 0 aliphatic rings. The van der Waals surface area contributed by atoms with Crippen molar-refractivity contribution >= 4 is 23.0 Å². The molecule has 0 saturated heterocycles. The number of carbonyl (C=O) groups is 1. The first-order valence-corrected chi connectivity index (χ1v) is 7.52. The predicted molar refractivity (Wildman–Crippen MR) is 90.1 cm³/mol. The number of nitrogens with zero attached hydrogens (tertiary/aromatic N) is 2. The molecule has 2 aromatic carbocycles. The average molecular weight is 399 g/mol. The maximum atomic E-state index is 12.7. The second-order valence-corrected chi connectivity index (χ2v) is 5.55. The maximum absolute atomic E-state index is 12.7. The van der Waals surface area contributed by atoms with Crippen LogP contribution in [0.1, 0.15) is 11.1 Å². The van der Waals surface area contributed by atoms with Crippen molar-refractivity contribution in [3.8, 4) is 5.75 Å². The van der Waals surface area contributed by atoms with Crippen LogP contribution in [0.5, 0.6) is 5.75 Å². The normalized spacial score (nSPS) is 11.0. The van der Waals surface area contributed by atoms with Gasteiger partial charge >= 0.3 is 11.9 Å². The van der Waals surface area contributed by atoms with Gasteiger partial charge in [-0.15, -0.1) is 0 Å². The highest BCUT2D eigenvalue weighted by Crippen LogP contribution is 2.35. The molecule has 0 bridgehead atoms. The summed E-state index contributed by atoms with van der Waals surface area (Å²) in [5.74, 6) is -1.15. The number of anilines is 1. The molecule has 9 nitrogen and oxygen atoms in total. The predicted octanol–water partition coefficient (Wildman–Crippen LogP) is 3.85. The van der Waals surface area contributed by atoms with Crippen LogP contribution < -0.4 is 10.1 Å². The van der Waals surface area contributed by atoms with Crippen molar-refractivity contribution in [1.29, 1.82) is 0 Å². The Balaban J connectivity index is 2.16. The van der Waals surface area contributed by atoms with Crippen LogP contribution in [0.15, 0.2) is 36.4 Å². The van der Waals surface area contributed by atoms with E-state index in [-0.39, 0.29) is 11.4 Å². The Morgan fingerprint density at radius 2 is 1.71 bits per heavy atom. The molecule has 12 heteroatoms. The van der Waals surface area contributed by atoms with Crippen LogP contribution in [0.3, 0.4) is 0 Å². The Hall–Kier alpha value is -3.70. The van der Waals surface area contributed by atoms with Crippen molar-refractivity contribution in [2.75, 3.05) is 11.9 Å². The number of ether oxygens (including phenoxy) is 1. The van der Waals surface area contributed by atoms with Crippen LogP contribution >= 0.6 is 0 Å².